The van der Waals surface area contributed by atoms with Gasteiger partial charge in [-0.15, -0.1) is 0 Å². The van der Waals surface area contributed by atoms with Gasteiger partial charge in [0.2, 0.25) is 0 Å². The quantitative estimate of drug-likeness (QED) is 0.740. The van der Waals surface area contributed by atoms with E-state index in [0.29, 0.717) is 0 Å². The first kappa shape index (κ1) is 9.97. The van der Waals surface area contributed by atoms with Crippen LogP contribution in [-0.4, -0.2) is 22.8 Å². The Bertz CT molecular complexity index is 219. The Morgan fingerprint density at radius 2 is 2.00 bits per heavy atom. The highest BCUT2D eigenvalue weighted by atomic mass is 16.5. The third-order valence-corrected chi connectivity index (χ3v) is 3.51. The Labute approximate surface area is 84.4 Å². The maximum Gasteiger partial charge on any atom is 0.305 e. The summed E-state index contributed by atoms with van der Waals surface area (Å²) in [6.07, 6.45) is 8.27. The molecule has 0 aromatic rings. The molecule has 0 radical (unpaired) electrons. The molecule has 3 nitrogen and oxygen atoms in total. The van der Waals surface area contributed by atoms with Crippen molar-refractivity contribution in [2.75, 3.05) is 0 Å². The molecule has 1 N–H and O–H groups in total. The van der Waals surface area contributed by atoms with Gasteiger partial charge in [0.15, 0.2) is 0 Å². The van der Waals surface area contributed by atoms with E-state index in [0.717, 1.165) is 25.7 Å². The van der Waals surface area contributed by atoms with Gasteiger partial charge in [-0.05, 0) is 25.7 Å². The lowest BCUT2D eigenvalue weighted by Crippen LogP contribution is -2.32. The Balaban J connectivity index is 1.89. The lowest BCUT2D eigenvalue weighted by molar-refractivity contribution is -0.142. The molecule has 1 saturated carbocycles. The Kier molecular flexibility index (Phi) is 2.77. The van der Waals surface area contributed by atoms with Crippen LogP contribution in [0.25, 0.3) is 0 Å². The van der Waals surface area contributed by atoms with Gasteiger partial charge in [-0.1, -0.05) is 19.3 Å². The van der Waals surface area contributed by atoms with Gasteiger partial charge in [0.05, 0.1) is 18.1 Å². The van der Waals surface area contributed by atoms with Gasteiger partial charge in [0, 0.05) is 0 Å². The number of ether oxygens (including phenoxy) is 1. The van der Waals surface area contributed by atoms with E-state index in [1.165, 1.54) is 19.3 Å². The predicted molar refractivity (Wildman–Crippen MR) is 52.2 cm³/mol. The third-order valence-electron chi connectivity index (χ3n) is 3.51. The molecule has 14 heavy (non-hydrogen) atoms. The average Bonchev–Trinajstić information content (AvgIpc) is 2.49. The first-order valence-electron chi connectivity index (χ1n) is 5.60. The predicted octanol–water partition coefficient (Wildman–Crippen LogP) is 2.34. The van der Waals surface area contributed by atoms with E-state index in [1.54, 1.807) is 0 Å². The van der Waals surface area contributed by atoms with Crippen molar-refractivity contribution in [1.29, 1.82) is 0 Å². The molecule has 2 fully saturated rings. The van der Waals surface area contributed by atoms with Crippen LogP contribution in [-0.2, 0) is 9.53 Å². The van der Waals surface area contributed by atoms with Crippen LogP contribution in [0.3, 0.4) is 0 Å². The molecule has 80 valence electrons. The van der Waals surface area contributed by atoms with E-state index in [2.05, 4.69) is 0 Å². The summed E-state index contributed by atoms with van der Waals surface area (Å²) >= 11 is 0. The molecule has 0 bridgehead atoms. The van der Waals surface area contributed by atoms with Crippen molar-refractivity contribution in [3.05, 3.63) is 0 Å². The van der Waals surface area contributed by atoms with Gasteiger partial charge in [0.1, 0.15) is 0 Å². The lowest BCUT2D eigenvalue weighted by atomic mass is 9.83. The van der Waals surface area contributed by atoms with E-state index in [1.807, 2.05) is 0 Å². The van der Waals surface area contributed by atoms with Crippen molar-refractivity contribution in [2.24, 2.45) is 0 Å². The van der Waals surface area contributed by atoms with Crippen molar-refractivity contribution in [2.45, 2.75) is 63.1 Å². The summed E-state index contributed by atoms with van der Waals surface area (Å²) in [7, 11) is 0. The molecule has 1 heterocycles. The summed E-state index contributed by atoms with van der Waals surface area (Å²) in [6, 6.07) is 0. The second-order valence-electron chi connectivity index (χ2n) is 4.62. The second-order valence-corrected chi connectivity index (χ2v) is 4.62. The molecule has 2 aliphatic rings. The van der Waals surface area contributed by atoms with E-state index in [9.17, 15) is 4.79 Å². The van der Waals surface area contributed by atoms with Gasteiger partial charge in [-0.3, -0.25) is 4.79 Å². The maximum absolute atomic E-state index is 10.5. The SMILES string of the molecule is O=C(O)CC1CCC2(CCCCC2)O1. The monoisotopic (exact) mass is 198 g/mol. The fourth-order valence-electron chi connectivity index (χ4n) is 2.80. The van der Waals surface area contributed by atoms with Gasteiger partial charge in [0.25, 0.3) is 0 Å². The first-order valence-corrected chi connectivity index (χ1v) is 5.60. The third kappa shape index (κ3) is 2.08. The first-order chi connectivity index (χ1) is 6.70. The maximum atomic E-state index is 10.5. The van der Waals surface area contributed by atoms with Crippen LogP contribution < -0.4 is 0 Å². The molecule has 3 heteroatoms. The Hall–Kier alpha value is -0.570. The van der Waals surface area contributed by atoms with Crippen LogP contribution in [0, 0.1) is 0 Å². The van der Waals surface area contributed by atoms with Crippen LogP contribution in [0.5, 0.6) is 0 Å². The molecule has 0 amide bonds. The highest BCUT2D eigenvalue weighted by Crippen LogP contribution is 2.42. The number of hydrogen-bond donors (Lipinski definition) is 1. The van der Waals surface area contributed by atoms with Gasteiger partial charge >= 0.3 is 5.97 Å². The highest BCUT2D eigenvalue weighted by Gasteiger charge is 2.41. The molecule has 2 rings (SSSR count). The number of hydrogen-bond acceptors (Lipinski definition) is 2. The topological polar surface area (TPSA) is 46.5 Å². The minimum absolute atomic E-state index is 0.0226. The van der Waals surface area contributed by atoms with Crippen molar-refractivity contribution >= 4 is 5.97 Å². The Morgan fingerprint density at radius 3 is 2.64 bits per heavy atom. The van der Waals surface area contributed by atoms with Crippen molar-refractivity contribution < 1.29 is 14.6 Å². The highest BCUT2D eigenvalue weighted by molar-refractivity contribution is 5.67. The summed E-state index contributed by atoms with van der Waals surface area (Å²) in [4.78, 5) is 10.5. The van der Waals surface area contributed by atoms with Crippen molar-refractivity contribution in [1.82, 2.24) is 0 Å². The molecule has 0 aromatic carbocycles. The summed E-state index contributed by atoms with van der Waals surface area (Å²) in [5.74, 6) is -0.733. The van der Waals surface area contributed by atoms with E-state index in [-0.39, 0.29) is 18.1 Å². The lowest BCUT2D eigenvalue weighted by Gasteiger charge is -2.33. The summed E-state index contributed by atoms with van der Waals surface area (Å²) < 4.78 is 5.92. The molecule has 1 saturated heterocycles. The second kappa shape index (κ2) is 3.89. The van der Waals surface area contributed by atoms with Crippen LogP contribution in [0.15, 0.2) is 0 Å². The fourth-order valence-corrected chi connectivity index (χ4v) is 2.80. The van der Waals surface area contributed by atoms with Crippen LogP contribution in [0.2, 0.25) is 0 Å². The largest absolute Gasteiger partial charge is 0.481 e. The molecule has 1 aliphatic carbocycles. The standard InChI is InChI=1S/C11H18O3/c12-10(13)8-9-4-7-11(14-9)5-2-1-3-6-11/h9H,1-8H2,(H,12,13). The molecular weight excluding hydrogens is 180 g/mol. The van der Waals surface area contributed by atoms with Gasteiger partial charge in [-0.2, -0.15) is 0 Å². The smallest absolute Gasteiger partial charge is 0.305 e. The number of rotatable bonds is 2. The Morgan fingerprint density at radius 1 is 1.29 bits per heavy atom. The van der Waals surface area contributed by atoms with E-state index >= 15 is 0 Å². The molecular formula is C11H18O3. The molecule has 0 aromatic heterocycles. The van der Waals surface area contributed by atoms with Crippen LogP contribution in [0.1, 0.15) is 51.4 Å². The zero-order valence-electron chi connectivity index (χ0n) is 8.50. The van der Waals surface area contributed by atoms with Gasteiger partial charge < -0.3 is 9.84 Å². The van der Waals surface area contributed by atoms with Crippen LogP contribution in [0.4, 0.5) is 0 Å². The zero-order valence-corrected chi connectivity index (χ0v) is 8.50. The molecule has 1 spiro atoms. The summed E-state index contributed by atoms with van der Waals surface area (Å²) in [5.41, 5.74) is 0.0678. The normalized spacial score (nSPS) is 30.7. The zero-order chi connectivity index (χ0) is 10.0. The number of carboxylic acid groups (broad SMARTS) is 1. The van der Waals surface area contributed by atoms with Crippen molar-refractivity contribution in [3.8, 4) is 0 Å². The minimum atomic E-state index is -0.733. The number of carboxylic acids is 1. The number of aliphatic carboxylic acids is 1. The van der Waals surface area contributed by atoms with E-state index < -0.39 is 5.97 Å². The molecule has 1 unspecified atom stereocenters. The van der Waals surface area contributed by atoms with Crippen LogP contribution >= 0.6 is 0 Å². The summed E-state index contributed by atoms with van der Waals surface area (Å²) in [6.45, 7) is 0. The minimum Gasteiger partial charge on any atom is -0.481 e. The molecule has 1 aliphatic heterocycles. The average molecular weight is 198 g/mol. The number of carbonyl (C=O) groups is 1. The summed E-state index contributed by atoms with van der Waals surface area (Å²) in [5, 5.41) is 8.68. The van der Waals surface area contributed by atoms with Gasteiger partial charge in [-0.25, -0.2) is 0 Å². The fraction of sp³-hybridized carbons (Fsp3) is 0.909. The van der Waals surface area contributed by atoms with Crippen molar-refractivity contribution in [3.63, 3.8) is 0 Å². The van der Waals surface area contributed by atoms with E-state index in [4.69, 9.17) is 9.84 Å². The molecule has 1 atom stereocenters.